The van der Waals surface area contributed by atoms with Crippen LogP contribution < -0.4 is 0 Å². The first-order valence-electron chi connectivity index (χ1n) is 17.2. The van der Waals surface area contributed by atoms with Gasteiger partial charge in [0.1, 0.15) is 11.2 Å². The zero-order valence-electron chi connectivity index (χ0n) is 27.9. The Kier molecular flexibility index (Phi) is 6.80. The molecule has 0 radical (unpaired) electrons. The Hall–Kier alpha value is -7.29. The molecule has 0 aliphatic heterocycles. The number of aromatic nitrogens is 3. The monoisotopic (exact) mass is 664 g/mol. The molecule has 0 amide bonds. The van der Waals surface area contributed by atoms with E-state index in [-0.39, 0.29) is 0 Å². The summed E-state index contributed by atoms with van der Waals surface area (Å²) in [5.41, 5.74) is 11.8. The SMILES string of the molecule is N#Cc1cccc(-n2c3ccccc3c3cc(-c4nc(-c5ccccc5)cc(-c5ccccc5)n4)ccc32)c1-c1ccc2oc3ccccc3c2c1. The van der Waals surface area contributed by atoms with Crippen LogP contribution in [0.5, 0.6) is 0 Å². The van der Waals surface area contributed by atoms with Crippen molar-refractivity contribution in [2.75, 3.05) is 0 Å². The van der Waals surface area contributed by atoms with E-state index in [2.05, 4.69) is 108 Å². The highest BCUT2D eigenvalue weighted by molar-refractivity contribution is 6.11. The molecule has 5 heteroatoms. The Morgan fingerprint density at radius 2 is 1.08 bits per heavy atom. The molecule has 0 N–H and O–H groups in total. The van der Waals surface area contributed by atoms with Crippen molar-refractivity contribution in [3.8, 4) is 56.8 Å². The minimum absolute atomic E-state index is 0.603. The molecule has 0 atom stereocenters. The van der Waals surface area contributed by atoms with Crippen molar-refractivity contribution < 1.29 is 4.42 Å². The molecule has 7 aromatic carbocycles. The molecule has 0 bridgehead atoms. The quantitative estimate of drug-likeness (QED) is 0.184. The lowest BCUT2D eigenvalue weighted by Crippen LogP contribution is -1.99. The van der Waals surface area contributed by atoms with Gasteiger partial charge in [-0.05, 0) is 66.2 Å². The number of rotatable bonds is 5. The molecule has 0 aliphatic rings. The van der Waals surface area contributed by atoms with E-state index >= 15 is 0 Å². The summed E-state index contributed by atoms with van der Waals surface area (Å²) < 4.78 is 8.43. The first-order chi connectivity index (χ1) is 25.7. The van der Waals surface area contributed by atoms with Gasteiger partial charge in [0.05, 0.1) is 39.7 Å². The van der Waals surface area contributed by atoms with Gasteiger partial charge in [0, 0.05) is 43.8 Å². The Bertz CT molecular complexity index is 2970. The smallest absolute Gasteiger partial charge is 0.160 e. The number of para-hydroxylation sites is 2. The summed E-state index contributed by atoms with van der Waals surface area (Å²) in [6, 6.07) is 60.2. The van der Waals surface area contributed by atoms with Crippen LogP contribution >= 0.6 is 0 Å². The molecule has 3 heterocycles. The second kappa shape index (κ2) is 11.9. The fraction of sp³-hybridized carbons (Fsp3) is 0. The van der Waals surface area contributed by atoms with E-state index in [1.54, 1.807) is 0 Å². The van der Waals surface area contributed by atoms with E-state index in [1.807, 2.05) is 72.8 Å². The predicted octanol–water partition coefficient (Wildman–Crippen LogP) is 12.0. The lowest BCUT2D eigenvalue weighted by molar-refractivity contribution is 0.669. The summed E-state index contributed by atoms with van der Waals surface area (Å²) in [6.45, 7) is 0. The van der Waals surface area contributed by atoms with Crippen molar-refractivity contribution in [2.24, 2.45) is 0 Å². The summed E-state index contributed by atoms with van der Waals surface area (Å²) in [6.07, 6.45) is 0. The molecule has 242 valence electrons. The van der Waals surface area contributed by atoms with Crippen LogP contribution in [-0.4, -0.2) is 14.5 Å². The van der Waals surface area contributed by atoms with Gasteiger partial charge in [0.25, 0.3) is 0 Å². The topological polar surface area (TPSA) is 67.6 Å². The van der Waals surface area contributed by atoms with Gasteiger partial charge in [-0.3, -0.25) is 0 Å². The first-order valence-corrected chi connectivity index (χ1v) is 17.2. The minimum atomic E-state index is 0.603. The van der Waals surface area contributed by atoms with Crippen molar-refractivity contribution in [3.05, 3.63) is 175 Å². The molecule has 0 spiro atoms. The molecule has 0 saturated heterocycles. The minimum Gasteiger partial charge on any atom is -0.456 e. The molecular weight excluding hydrogens is 637 g/mol. The van der Waals surface area contributed by atoms with Gasteiger partial charge < -0.3 is 8.98 Å². The number of furan rings is 1. The van der Waals surface area contributed by atoms with E-state index in [9.17, 15) is 5.26 Å². The fourth-order valence-corrected chi connectivity index (χ4v) is 7.47. The van der Waals surface area contributed by atoms with Gasteiger partial charge in [0.15, 0.2) is 5.82 Å². The van der Waals surface area contributed by atoms with Crippen LogP contribution in [0, 0.1) is 11.3 Å². The molecule has 0 unspecified atom stereocenters. The van der Waals surface area contributed by atoms with E-state index < -0.39 is 0 Å². The number of nitriles is 1. The largest absolute Gasteiger partial charge is 0.456 e. The Labute approximate surface area is 299 Å². The third-order valence-corrected chi connectivity index (χ3v) is 9.87. The van der Waals surface area contributed by atoms with Gasteiger partial charge in [-0.1, -0.05) is 109 Å². The summed E-state index contributed by atoms with van der Waals surface area (Å²) in [4.78, 5) is 10.2. The number of hydrogen-bond acceptors (Lipinski definition) is 4. The molecule has 10 rings (SSSR count). The Balaban J connectivity index is 1.19. The number of nitrogens with zero attached hydrogens (tertiary/aromatic N) is 4. The highest BCUT2D eigenvalue weighted by Gasteiger charge is 2.20. The van der Waals surface area contributed by atoms with Crippen molar-refractivity contribution >= 4 is 43.7 Å². The number of benzene rings is 7. The highest BCUT2D eigenvalue weighted by Crippen LogP contribution is 2.41. The van der Waals surface area contributed by atoms with E-state index in [0.717, 1.165) is 88.6 Å². The summed E-state index contributed by atoms with van der Waals surface area (Å²) in [5, 5.41) is 14.7. The molecule has 10 aromatic rings. The normalized spacial score (nSPS) is 11.4. The van der Waals surface area contributed by atoms with Crippen LogP contribution in [0.15, 0.2) is 174 Å². The predicted molar refractivity (Wildman–Crippen MR) is 210 cm³/mol. The van der Waals surface area contributed by atoms with Crippen LogP contribution in [-0.2, 0) is 0 Å². The van der Waals surface area contributed by atoms with E-state index in [1.165, 1.54) is 0 Å². The average Bonchev–Trinajstić information content (AvgIpc) is 3.76. The Morgan fingerprint density at radius 3 is 1.83 bits per heavy atom. The summed E-state index contributed by atoms with van der Waals surface area (Å²) >= 11 is 0. The second-order valence-electron chi connectivity index (χ2n) is 12.9. The van der Waals surface area contributed by atoms with Gasteiger partial charge in [-0.2, -0.15) is 5.26 Å². The van der Waals surface area contributed by atoms with Crippen molar-refractivity contribution in [2.45, 2.75) is 0 Å². The molecule has 0 saturated carbocycles. The fourth-order valence-electron chi connectivity index (χ4n) is 7.47. The molecular formula is C47H28N4O. The van der Waals surface area contributed by atoms with Crippen LogP contribution in [0.1, 0.15) is 5.56 Å². The van der Waals surface area contributed by atoms with Gasteiger partial charge >= 0.3 is 0 Å². The molecule has 0 aliphatic carbocycles. The third-order valence-electron chi connectivity index (χ3n) is 9.87. The maximum absolute atomic E-state index is 10.5. The number of hydrogen-bond donors (Lipinski definition) is 0. The molecule has 52 heavy (non-hydrogen) atoms. The lowest BCUT2D eigenvalue weighted by atomic mass is 9.96. The zero-order valence-corrected chi connectivity index (χ0v) is 27.9. The lowest BCUT2D eigenvalue weighted by Gasteiger charge is -2.16. The molecule has 3 aromatic heterocycles. The summed E-state index contributed by atoms with van der Waals surface area (Å²) in [7, 11) is 0. The van der Waals surface area contributed by atoms with E-state index in [4.69, 9.17) is 14.4 Å². The zero-order chi connectivity index (χ0) is 34.6. The Morgan fingerprint density at radius 1 is 0.462 bits per heavy atom. The second-order valence-corrected chi connectivity index (χ2v) is 12.9. The maximum Gasteiger partial charge on any atom is 0.160 e. The highest BCUT2D eigenvalue weighted by atomic mass is 16.3. The maximum atomic E-state index is 10.5. The third kappa shape index (κ3) is 4.78. The van der Waals surface area contributed by atoms with Crippen LogP contribution in [0.2, 0.25) is 0 Å². The van der Waals surface area contributed by atoms with Gasteiger partial charge in [-0.25, -0.2) is 9.97 Å². The van der Waals surface area contributed by atoms with Gasteiger partial charge in [0.2, 0.25) is 0 Å². The van der Waals surface area contributed by atoms with Gasteiger partial charge in [-0.15, -0.1) is 0 Å². The molecule has 5 nitrogen and oxygen atoms in total. The van der Waals surface area contributed by atoms with Crippen molar-refractivity contribution in [3.63, 3.8) is 0 Å². The van der Waals surface area contributed by atoms with Crippen molar-refractivity contribution in [1.29, 1.82) is 5.26 Å². The standard InChI is InChI=1S/C47H28N4O/c48-29-34-16-11-20-43(46(34)32-23-25-45-38(26-32)36-18-8-10-21-44(36)52-45)51-41-19-9-7-17-35(41)37-27-33(22-24-42(37)51)47-49-39(30-12-3-1-4-13-30)28-40(50-47)31-14-5-2-6-15-31/h1-28H. The van der Waals surface area contributed by atoms with Crippen molar-refractivity contribution in [1.82, 2.24) is 14.5 Å². The van der Waals surface area contributed by atoms with Crippen LogP contribution in [0.4, 0.5) is 0 Å². The molecule has 0 fully saturated rings. The average molecular weight is 665 g/mol. The summed E-state index contributed by atoms with van der Waals surface area (Å²) in [5.74, 6) is 0.659. The number of fused-ring (bicyclic) bond motifs is 6. The van der Waals surface area contributed by atoms with Crippen LogP contribution in [0.3, 0.4) is 0 Å². The first kappa shape index (κ1) is 29.6. The van der Waals surface area contributed by atoms with Crippen LogP contribution in [0.25, 0.3) is 94.5 Å². The van der Waals surface area contributed by atoms with E-state index in [0.29, 0.717) is 11.4 Å².